The van der Waals surface area contributed by atoms with E-state index >= 15 is 0 Å². The molecular weight excluding hydrogens is 380 g/mol. The minimum absolute atomic E-state index is 0.00280. The zero-order valence-corrected chi connectivity index (χ0v) is 17.5. The van der Waals surface area contributed by atoms with Gasteiger partial charge in [-0.2, -0.15) is 4.98 Å². The quantitative estimate of drug-likeness (QED) is 0.664. The predicted molar refractivity (Wildman–Crippen MR) is 111 cm³/mol. The summed E-state index contributed by atoms with van der Waals surface area (Å²) in [5, 5.41) is 6.76. The van der Waals surface area contributed by atoms with Crippen molar-refractivity contribution in [2.75, 3.05) is 0 Å². The maximum atomic E-state index is 13.2. The minimum atomic E-state index is -1.14. The number of hydrogen-bond acceptors (Lipinski definition) is 5. The Balaban J connectivity index is 1.55. The van der Waals surface area contributed by atoms with Gasteiger partial charge in [0.05, 0.1) is 0 Å². The molecule has 1 fully saturated rings. The van der Waals surface area contributed by atoms with E-state index in [1.807, 2.05) is 54.6 Å². The molecule has 1 atom stereocenters. The van der Waals surface area contributed by atoms with Crippen LogP contribution in [0.2, 0.25) is 0 Å². The number of aromatic nitrogens is 2. The number of rotatable bonds is 4. The van der Waals surface area contributed by atoms with Crippen LogP contribution in [0.25, 0.3) is 11.4 Å². The van der Waals surface area contributed by atoms with Crippen molar-refractivity contribution in [1.29, 1.82) is 0 Å². The predicted octanol–water partition coefficient (Wildman–Crippen LogP) is 4.00. The molecule has 2 heterocycles. The third-order valence-corrected chi connectivity index (χ3v) is 5.40. The summed E-state index contributed by atoms with van der Waals surface area (Å²) >= 11 is 0. The zero-order valence-electron chi connectivity index (χ0n) is 17.5. The summed E-state index contributed by atoms with van der Waals surface area (Å²) < 4.78 is 5.27. The Bertz CT molecular complexity index is 1080. The van der Waals surface area contributed by atoms with Crippen molar-refractivity contribution in [2.45, 2.75) is 45.2 Å². The van der Waals surface area contributed by atoms with E-state index < -0.39 is 11.6 Å². The van der Waals surface area contributed by atoms with E-state index in [2.05, 4.69) is 36.2 Å². The molecule has 3 aromatic rings. The van der Waals surface area contributed by atoms with Crippen molar-refractivity contribution in [3.8, 4) is 11.4 Å². The van der Waals surface area contributed by atoms with Crippen LogP contribution in [0.1, 0.15) is 44.7 Å². The Morgan fingerprint density at radius 1 is 1.03 bits per heavy atom. The lowest BCUT2D eigenvalue weighted by Crippen LogP contribution is -2.40. The van der Waals surface area contributed by atoms with Crippen LogP contribution in [0, 0.1) is 0 Å². The van der Waals surface area contributed by atoms with Gasteiger partial charge in [0.2, 0.25) is 11.7 Å². The molecule has 0 saturated carbocycles. The standard InChI is InChI=1S/C23H24N4O3/c1-22(2,3)16-10-12-17(13-11-16)23(4)20(28)27(21(29)25-23)14-18-24-19(26-30-18)15-8-6-5-7-9-15/h5-13H,14H2,1-4H3,(H,25,29). The van der Waals surface area contributed by atoms with Gasteiger partial charge in [-0.25, -0.2) is 4.79 Å². The molecule has 0 aliphatic carbocycles. The molecule has 4 rings (SSSR count). The van der Waals surface area contributed by atoms with Gasteiger partial charge in [-0.3, -0.25) is 9.69 Å². The number of urea groups is 1. The van der Waals surface area contributed by atoms with E-state index in [1.165, 1.54) is 0 Å². The third kappa shape index (κ3) is 3.47. The van der Waals surface area contributed by atoms with Crippen molar-refractivity contribution < 1.29 is 14.1 Å². The van der Waals surface area contributed by atoms with E-state index in [4.69, 9.17) is 4.52 Å². The fourth-order valence-electron chi connectivity index (χ4n) is 3.50. The van der Waals surface area contributed by atoms with Gasteiger partial charge in [0, 0.05) is 5.56 Å². The summed E-state index contributed by atoms with van der Waals surface area (Å²) in [6, 6.07) is 16.7. The smallest absolute Gasteiger partial charge is 0.325 e. The molecule has 1 aliphatic rings. The lowest BCUT2D eigenvalue weighted by atomic mass is 9.84. The Hall–Kier alpha value is -3.48. The van der Waals surface area contributed by atoms with E-state index in [0.717, 1.165) is 21.6 Å². The molecule has 1 N–H and O–H groups in total. The van der Waals surface area contributed by atoms with Crippen LogP contribution in [0.3, 0.4) is 0 Å². The zero-order chi connectivity index (χ0) is 21.5. The van der Waals surface area contributed by atoms with Crippen molar-refractivity contribution in [3.63, 3.8) is 0 Å². The Labute approximate surface area is 175 Å². The normalized spacial score (nSPS) is 19.3. The molecule has 30 heavy (non-hydrogen) atoms. The first-order chi connectivity index (χ1) is 14.2. The molecule has 0 spiro atoms. The number of carbonyl (C=O) groups is 2. The van der Waals surface area contributed by atoms with Crippen LogP contribution >= 0.6 is 0 Å². The lowest BCUT2D eigenvalue weighted by Gasteiger charge is -2.24. The maximum absolute atomic E-state index is 13.2. The number of benzene rings is 2. The van der Waals surface area contributed by atoms with Crippen molar-refractivity contribution in [1.82, 2.24) is 20.4 Å². The van der Waals surface area contributed by atoms with Crippen LogP contribution in [0.4, 0.5) is 4.79 Å². The van der Waals surface area contributed by atoms with Gasteiger partial charge in [-0.15, -0.1) is 0 Å². The highest BCUT2D eigenvalue weighted by atomic mass is 16.5. The molecule has 0 radical (unpaired) electrons. The molecule has 3 amide bonds. The van der Waals surface area contributed by atoms with Gasteiger partial charge in [0.1, 0.15) is 12.1 Å². The maximum Gasteiger partial charge on any atom is 0.325 e. The van der Waals surface area contributed by atoms with Gasteiger partial charge in [0.25, 0.3) is 5.91 Å². The number of amides is 3. The second-order valence-electron chi connectivity index (χ2n) is 8.65. The van der Waals surface area contributed by atoms with E-state index in [-0.39, 0.29) is 23.8 Å². The highest BCUT2D eigenvalue weighted by Crippen LogP contribution is 2.32. The van der Waals surface area contributed by atoms with Gasteiger partial charge in [-0.05, 0) is 23.5 Å². The SMILES string of the molecule is CC(C)(C)c1ccc(C2(C)NC(=O)N(Cc3nc(-c4ccccc4)no3)C2=O)cc1. The topological polar surface area (TPSA) is 88.3 Å². The molecule has 7 nitrogen and oxygen atoms in total. The molecule has 0 bridgehead atoms. The average molecular weight is 404 g/mol. The number of nitrogens with zero attached hydrogens (tertiary/aromatic N) is 3. The van der Waals surface area contributed by atoms with Crippen LogP contribution in [0.5, 0.6) is 0 Å². The fraction of sp³-hybridized carbons (Fsp3) is 0.304. The molecule has 1 unspecified atom stereocenters. The van der Waals surface area contributed by atoms with E-state index in [1.54, 1.807) is 6.92 Å². The lowest BCUT2D eigenvalue weighted by molar-refractivity contribution is -0.131. The molecule has 7 heteroatoms. The largest absolute Gasteiger partial charge is 0.337 e. The number of imide groups is 1. The van der Waals surface area contributed by atoms with Crippen molar-refractivity contribution in [2.24, 2.45) is 0 Å². The summed E-state index contributed by atoms with van der Waals surface area (Å²) in [7, 11) is 0. The van der Waals surface area contributed by atoms with Gasteiger partial charge in [0.15, 0.2) is 0 Å². The average Bonchev–Trinajstić information content (AvgIpc) is 3.27. The Morgan fingerprint density at radius 2 is 1.70 bits per heavy atom. The summed E-state index contributed by atoms with van der Waals surface area (Å²) in [6.45, 7) is 8.01. The summed E-state index contributed by atoms with van der Waals surface area (Å²) in [6.07, 6.45) is 0. The number of nitrogens with one attached hydrogen (secondary N) is 1. The molecular formula is C23H24N4O3. The summed E-state index contributed by atoms with van der Waals surface area (Å²) in [4.78, 5) is 31.2. The minimum Gasteiger partial charge on any atom is -0.337 e. The third-order valence-electron chi connectivity index (χ3n) is 5.40. The van der Waals surface area contributed by atoms with Gasteiger partial charge < -0.3 is 9.84 Å². The van der Waals surface area contributed by atoms with E-state index in [0.29, 0.717) is 5.82 Å². The van der Waals surface area contributed by atoms with E-state index in [9.17, 15) is 9.59 Å². The first-order valence-electron chi connectivity index (χ1n) is 9.81. The highest BCUT2D eigenvalue weighted by Gasteiger charge is 2.49. The molecule has 1 aromatic heterocycles. The van der Waals surface area contributed by atoms with Crippen LogP contribution < -0.4 is 5.32 Å². The summed E-state index contributed by atoms with van der Waals surface area (Å²) in [5.74, 6) is 0.262. The second kappa shape index (κ2) is 7.09. The number of carbonyl (C=O) groups excluding carboxylic acids is 2. The molecule has 154 valence electrons. The van der Waals surface area contributed by atoms with Crippen LogP contribution in [-0.4, -0.2) is 27.0 Å². The Morgan fingerprint density at radius 3 is 2.33 bits per heavy atom. The van der Waals surface area contributed by atoms with Crippen LogP contribution in [0.15, 0.2) is 59.1 Å². The van der Waals surface area contributed by atoms with Crippen molar-refractivity contribution >= 4 is 11.9 Å². The van der Waals surface area contributed by atoms with Gasteiger partial charge in [-0.1, -0.05) is 80.5 Å². The number of hydrogen-bond donors (Lipinski definition) is 1. The molecule has 1 saturated heterocycles. The fourth-order valence-corrected chi connectivity index (χ4v) is 3.50. The Kier molecular flexibility index (Phi) is 4.68. The van der Waals surface area contributed by atoms with Crippen molar-refractivity contribution in [3.05, 3.63) is 71.6 Å². The summed E-state index contributed by atoms with van der Waals surface area (Å²) in [5.41, 5.74) is 1.54. The highest BCUT2D eigenvalue weighted by molar-refractivity contribution is 6.07. The van der Waals surface area contributed by atoms with Crippen LogP contribution in [-0.2, 0) is 22.3 Å². The van der Waals surface area contributed by atoms with Gasteiger partial charge >= 0.3 is 6.03 Å². The molecule has 1 aliphatic heterocycles. The first kappa shape index (κ1) is 19.8. The second-order valence-corrected chi connectivity index (χ2v) is 8.65. The monoisotopic (exact) mass is 404 g/mol. The first-order valence-corrected chi connectivity index (χ1v) is 9.81. The molecule has 2 aromatic carbocycles.